The summed E-state index contributed by atoms with van der Waals surface area (Å²) in [6.07, 6.45) is 4.20. The van der Waals surface area contributed by atoms with Crippen LogP contribution in [0.4, 0.5) is 0 Å². The molecule has 0 bridgehead atoms. The molecule has 0 saturated carbocycles. The van der Waals surface area contributed by atoms with Crippen LogP contribution >= 0.6 is 0 Å². The fourth-order valence-electron chi connectivity index (χ4n) is 4.23. The van der Waals surface area contributed by atoms with E-state index in [0.717, 1.165) is 47.6 Å². The monoisotopic (exact) mass is 343 g/mol. The van der Waals surface area contributed by atoms with Crippen molar-refractivity contribution in [3.8, 4) is 11.3 Å². The zero-order chi connectivity index (χ0) is 17.7. The van der Waals surface area contributed by atoms with Gasteiger partial charge < -0.3 is 8.98 Å². The molecule has 0 spiro atoms. The fourth-order valence-corrected chi connectivity index (χ4v) is 4.23. The van der Waals surface area contributed by atoms with Gasteiger partial charge in [-0.2, -0.15) is 0 Å². The Hall–Kier alpha value is -2.88. The third-order valence-corrected chi connectivity index (χ3v) is 5.32. The molecular formula is C22H21N3O. The Morgan fingerprint density at radius 1 is 1.08 bits per heavy atom. The molecule has 4 heterocycles. The molecule has 1 unspecified atom stereocenters. The second kappa shape index (κ2) is 5.84. The maximum Gasteiger partial charge on any atom is 0.125 e. The quantitative estimate of drug-likeness (QED) is 0.500. The lowest BCUT2D eigenvalue weighted by molar-refractivity contribution is 0.409. The molecule has 1 atom stereocenters. The Morgan fingerprint density at radius 2 is 1.92 bits per heavy atom. The molecule has 0 saturated heterocycles. The smallest absolute Gasteiger partial charge is 0.125 e. The third kappa shape index (κ3) is 2.29. The average molecular weight is 343 g/mol. The highest BCUT2D eigenvalue weighted by Crippen LogP contribution is 2.43. The van der Waals surface area contributed by atoms with Crippen LogP contribution < -0.4 is 0 Å². The number of hydrogen-bond acceptors (Lipinski definition) is 3. The standard InChI is InChI=1S/C22H21N3O/c1-14-10-11-19(26-14)17-9-6-12-25-21(16-7-4-3-5-8-16)18-13-23-15(2)24-20(18)22(17)25/h3-5,7-8,10-11,13,17H,6,9,12H2,1-2H3. The first kappa shape index (κ1) is 15.4. The van der Waals surface area contributed by atoms with E-state index in [9.17, 15) is 0 Å². The van der Waals surface area contributed by atoms with E-state index in [1.165, 1.54) is 17.0 Å². The second-order valence-electron chi connectivity index (χ2n) is 7.07. The summed E-state index contributed by atoms with van der Waals surface area (Å²) in [6, 6.07) is 14.7. The van der Waals surface area contributed by atoms with Gasteiger partial charge in [-0.1, -0.05) is 30.3 Å². The summed E-state index contributed by atoms with van der Waals surface area (Å²) in [7, 11) is 0. The average Bonchev–Trinajstić information content (AvgIpc) is 3.23. The number of aromatic nitrogens is 3. The topological polar surface area (TPSA) is 43.9 Å². The van der Waals surface area contributed by atoms with Crippen molar-refractivity contribution in [1.29, 1.82) is 0 Å². The van der Waals surface area contributed by atoms with Crippen molar-refractivity contribution in [3.63, 3.8) is 0 Å². The number of fused-ring (bicyclic) bond motifs is 3. The molecule has 0 amide bonds. The maximum atomic E-state index is 6.02. The minimum absolute atomic E-state index is 0.242. The molecule has 4 nitrogen and oxygen atoms in total. The van der Waals surface area contributed by atoms with Gasteiger partial charge in [-0.15, -0.1) is 0 Å². The summed E-state index contributed by atoms with van der Waals surface area (Å²) in [5.41, 5.74) is 4.77. The van der Waals surface area contributed by atoms with Gasteiger partial charge in [0.1, 0.15) is 17.3 Å². The predicted molar refractivity (Wildman–Crippen MR) is 102 cm³/mol. The SMILES string of the molecule is Cc1ncc2c(-c3ccccc3)n3c(c2n1)C(c1ccc(C)o1)CCC3. The van der Waals surface area contributed by atoms with Crippen molar-refractivity contribution < 1.29 is 4.42 Å². The molecule has 1 aliphatic rings. The summed E-state index contributed by atoms with van der Waals surface area (Å²) in [5.74, 6) is 3.05. The molecule has 1 aromatic carbocycles. The van der Waals surface area contributed by atoms with Crippen LogP contribution in [0, 0.1) is 13.8 Å². The Bertz CT molecular complexity index is 1090. The van der Waals surface area contributed by atoms with Crippen LogP contribution in [0.5, 0.6) is 0 Å². The van der Waals surface area contributed by atoms with E-state index in [4.69, 9.17) is 9.40 Å². The zero-order valence-corrected chi connectivity index (χ0v) is 15.1. The number of aryl methyl sites for hydroxylation is 2. The van der Waals surface area contributed by atoms with E-state index >= 15 is 0 Å². The summed E-state index contributed by atoms with van der Waals surface area (Å²) in [5, 5.41) is 1.13. The molecule has 0 fully saturated rings. The van der Waals surface area contributed by atoms with E-state index in [2.05, 4.69) is 52.0 Å². The van der Waals surface area contributed by atoms with Gasteiger partial charge in [0, 0.05) is 18.1 Å². The summed E-state index contributed by atoms with van der Waals surface area (Å²) in [4.78, 5) is 9.33. The predicted octanol–water partition coefficient (Wildman–Crippen LogP) is 5.23. The van der Waals surface area contributed by atoms with E-state index in [0.29, 0.717) is 0 Å². The Balaban J connectivity index is 1.83. The highest BCUT2D eigenvalue weighted by Gasteiger charge is 2.31. The van der Waals surface area contributed by atoms with Crippen LogP contribution in [0.25, 0.3) is 22.2 Å². The van der Waals surface area contributed by atoms with Crippen molar-refractivity contribution in [2.24, 2.45) is 0 Å². The number of furan rings is 1. The van der Waals surface area contributed by atoms with Gasteiger partial charge in [0.25, 0.3) is 0 Å². The van der Waals surface area contributed by atoms with Gasteiger partial charge >= 0.3 is 0 Å². The van der Waals surface area contributed by atoms with Crippen molar-refractivity contribution >= 4 is 10.9 Å². The number of hydrogen-bond donors (Lipinski definition) is 0. The minimum Gasteiger partial charge on any atom is -0.466 e. The third-order valence-electron chi connectivity index (χ3n) is 5.32. The normalized spacial score (nSPS) is 16.8. The van der Waals surface area contributed by atoms with E-state index < -0.39 is 0 Å². The molecule has 130 valence electrons. The van der Waals surface area contributed by atoms with E-state index in [-0.39, 0.29) is 5.92 Å². The minimum atomic E-state index is 0.242. The molecule has 4 heteroatoms. The zero-order valence-electron chi connectivity index (χ0n) is 15.1. The molecule has 26 heavy (non-hydrogen) atoms. The maximum absolute atomic E-state index is 6.02. The van der Waals surface area contributed by atoms with Gasteiger partial charge in [0.2, 0.25) is 0 Å². The highest BCUT2D eigenvalue weighted by molar-refractivity contribution is 5.96. The van der Waals surface area contributed by atoms with Gasteiger partial charge in [0.05, 0.1) is 22.8 Å². The van der Waals surface area contributed by atoms with Crippen molar-refractivity contribution in [1.82, 2.24) is 14.5 Å². The van der Waals surface area contributed by atoms with Crippen LogP contribution in [0.3, 0.4) is 0 Å². The van der Waals surface area contributed by atoms with Crippen LogP contribution in [0.1, 0.15) is 41.8 Å². The first-order chi connectivity index (χ1) is 12.7. The Morgan fingerprint density at radius 3 is 2.69 bits per heavy atom. The van der Waals surface area contributed by atoms with E-state index in [1.807, 2.05) is 20.0 Å². The first-order valence-electron chi connectivity index (χ1n) is 9.20. The highest BCUT2D eigenvalue weighted by atomic mass is 16.3. The van der Waals surface area contributed by atoms with Crippen LogP contribution in [0.15, 0.2) is 53.1 Å². The number of benzene rings is 1. The summed E-state index contributed by atoms with van der Waals surface area (Å²) >= 11 is 0. The Labute approximate surface area is 152 Å². The van der Waals surface area contributed by atoms with Crippen molar-refractivity contribution in [2.45, 2.75) is 39.2 Å². The van der Waals surface area contributed by atoms with Crippen LogP contribution in [0.2, 0.25) is 0 Å². The molecule has 1 aliphatic heterocycles. The lowest BCUT2D eigenvalue weighted by Crippen LogP contribution is -2.17. The summed E-state index contributed by atoms with van der Waals surface area (Å²) in [6.45, 7) is 4.97. The van der Waals surface area contributed by atoms with Crippen molar-refractivity contribution in [2.75, 3.05) is 0 Å². The largest absolute Gasteiger partial charge is 0.466 e. The number of rotatable bonds is 2. The second-order valence-corrected chi connectivity index (χ2v) is 7.07. The van der Waals surface area contributed by atoms with Crippen LogP contribution in [-0.4, -0.2) is 14.5 Å². The molecular weight excluding hydrogens is 322 g/mol. The lowest BCUT2D eigenvalue weighted by Gasteiger charge is -2.25. The van der Waals surface area contributed by atoms with Gasteiger partial charge in [-0.3, -0.25) is 0 Å². The van der Waals surface area contributed by atoms with Gasteiger partial charge in [0.15, 0.2) is 0 Å². The molecule has 5 rings (SSSR count). The molecule has 0 N–H and O–H groups in total. The van der Waals surface area contributed by atoms with Gasteiger partial charge in [-0.25, -0.2) is 9.97 Å². The van der Waals surface area contributed by atoms with Crippen LogP contribution in [-0.2, 0) is 6.54 Å². The molecule has 3 aromatic heterocycles. The Kier molecular flexibility index (Phi) is 3.45. The number of nitrogens with zero attached hydrogens (tertiary/aromatic N) is 3. The molecule has 0 radical (unpaired) electrons. The lowest BCUT2D eigenvalue weighted by atomic mass is 9.93. The summed E-state index contributed by atoms with van der Waals surface area (Å²) < 4.78 is 8.46. The van der Waals surface area contributed by atoms with E-state index in [1.54, 1.807) is 0 Å². The van der Waals surface area contributed by atoms with Gasteiger partial charge in [-0.05, 0) is 44.4 Å². The van der Waals surface area contributed by atoms with Crippen molar-refractivity contribution in [3.05, 3.63) is 71.7 Å². The first-order valence-corrected chi connectivity index (χ1v) is 9.20. The fraction of sp³-hybridized carbons (Fsp3) is 0.273. The molecule has 4 aromatic rings. The molecule has 0 aliphatic carbocycles.